The second-order valence-corrected chi connectivity index (χ2v) is 8.09. The van der Waals surface area contributed by atoms with Crippen LogP contribution in [0, 0.1) is 0 Å². The Morgan fingerprint density at radius 3 is 1.84 bits per heavy atom. The monoisotopic (exact) mass is 427 g/mol. The van der Waals surface area contributed by atoms with Gasteiger partial charge in [0.25, 0.3) is 5.91 Å². The molecule has 4 nitrogen and oxygen atoms in total. The molecule has 0 fully saturated rings. The predicted octanol–water partition coefficient (Wildman–Crippen LogP) is 6.34. The van der Waals surface area contributed by atoms with Crippen LogP contribution in [0.2, 0.25) is 0 Å². The van der Waals surface area contributed by atoms with Crippen molar-refractivity contribution in [3.8, 4) is 0 Å². The third-order valence-electron chi connectivity index (χ3n) is 5.15. The fourth-order valence-electron chi connectivity index (χ4n) is 3.54. The topological polar surface area (TPSA) is 35.9 Å². The van der Waals surface area contributed by atoms with Gasteiger partial charge in [-0.25, -0.2) is 0 Å². The van der Waals surface area contributed by atoms with Crippen molar-refractivity contribution < 1.29 is 4.79 Å². The first-order chi connectivity index (χ1) is 15.2. The zero-order valence-electron chi connectivity index (χ0n) is 17.7. The number of para-hydroxylation sites is 2. The average molecular weight is 428 g/mol. The highest BCUT2D eigenvalue weighted by atomic mass is 32.2. The normalized spacial score (nSPS) is 14.6. The van der Waals surface area contributed by atoms with E-state index in [-0.39, 0.29) is 5.91 Å². The van der Waals surface area contributed by atoms with Crippen molar-refractivity contribution in [2.45, 2.75) is 13.8 Å². The molecule has 4 rings (SSSR count). The van der Waals surface area contributed by atoms with Crippen LogP contribution in [0.3, 0.4) is 0 Å². The minimum atomic E-state index is -0.204. The van der Waals surface area contributed by atoms with Crippen LogP contribution < -0.4 is 9.80 Å². The minimum absolute atomic E-state index is 0.204. The van der Waals surface area contributed by atoms with E-state index in [0.717, 1.165) is 30.0 Å². The second kappa shape index (κ2) is 9.67. The molecular formula is C26H25N3OS. The van der Waals surface area contributed by atoms with E-state index in [9.17, 15) is 4.79 Å². The van der Waals surface area contributed by atoms with Crippen molar-refractivity contribution in [1.82, 2.24) is 0 Å². The molecule has 0 N–H and O–H groups in total. The Hall–Kier alpha value is -3.31. The van der Waals surface area contributed by atoms with Gasteiger partial charge in [0.2, 0.25) is 0 Å². The van der Waals surface area contributed by atoms with E-state index < -0.39 is 0 Å². The SMILES string of the molecule is CCN(CC)c1ccc(/C=C2/SC(N(c3ccccc3)c3ccccc3)=NC2=O)cc1. The van der Waals surface area contributed by atoms with Gasteiger partial charge in [0.1, 0.15) is 0 Å². The maximum Gasteiger partial charge on any atom is 0.286 e. The predicted molar refractivity (Wildman–Crippen MR) is 133 cm³/mol. The fraction of sp³-hybridized carbons (Fsp3) is 0.154. The summed E-state index contributed by atoms with van der Waals surface area (Å²) in [5.74, 6) is -0.204. The van der Waals surface area contributed by atoms with Gasteiger partial charge in [0.05, 0.1) is 4.91 Å². The van der Waals surface area contributed by atoms with Crippen LogP contribution >= 0.6 is 11.8 Å². The highest BCUT2D eigenvalue weighted by Gasteiger charge is 2.28. The number of rotatable bonds is 6. The lowest BCUT2D eigenvalue weighted by Crippen LogP contribution is -2.21. The number of hydrogen-bond acceptors (Lipinski definition) is 4. The number of amidine groups is 1. The first-order valence-electron chi connectivity index (χ1n) is 10.5. The number of carbonyl (C=O) groups excluding carboxylic acids is 1. The molecule has 1 aliphatic heterocycles. The molecule has 156 valence electrons. The van der Waals surface area contributed by atoms with Crippen LogP contribution in [-0.4, -0.2) is 24.2 Å². The molecule has 0 aromatic heterocycles. The fourth-order valence-corrected chi connectivity index (χ4v) is 4.49. The summed E-state index contributed by atoms with van der Waals surface area (Å²) in [6.45, 7) is 6.24. The molecule has 1 aliphatic rings. The van der Waals surface area contributed by atoms with Crippen LogP contribution in [-0.2, 0) is 4.79 Å². The Morgan fingerprint density at radius 1 is 0.774 bits per heavy atom. The van der Waals surface area contributed by atoms with Crippen LogP contribution in [0.5, 0.6) is 0 Å². The van der Waals surface area contributed by atoms with Gasteiger partial charge in [-0.05, 0) is 73.6 Å². The first-order valence-corrected chi connectivity index (χ1v) is 11.3. The van der Waals surface area contributed by atoms with E-state index in [1.54, 1.807) is 0 Å². The number of thioether (sulfide) groups is 1. The molecule has 1 heterocycles. The van der Waals surface area contributed by atoms with Crippen molar-refractivity contribution in [2.24, 2.45) is 4.99 Å². The lowest BCUT2D eigenvalue weighted by atomic mass is 10.2. The molecule has 0 saturated heterocycles. The van der Waals surface area contributed by atoms with Crippen LogP contribution in [0.15, 0.2) is 94.8 Å². The number of amides is 1. The summed E-state index contributed by atoms with van der Waals surface area (Å²) in [5, 5.41) is 0.661. The van der Waals surface area contributed by atoms with Gasteiger partial charge in [-0.15, -0.1) is 0 Å². The first kappa shape index (κ1) is 20.9. The van der Waals surface area contributed by atoms with E-state index in [1.807, 2.05) is 71.6 Å². The molecule has 0 unspecified atom stereocenters. The second-order valence-electron chi connectivity index (χ2n) is 7.08. The molecular weight excluding hydrogens is 402 g/mol. The highest BCUT2D eigenvalue weighted by molar-refractivity contribution is 8.18. The van der Waals surface area contributed by atoms with Crippen LogP contribution in [0.1, 0.15) is 19.4 Å². The third kappa shape index (κ3) is 4.72. The highest BCUT2D eigenvalue weighted by Crippen LogP contribution is 2.36. The molecule has 0 atom stereocenters. The molecule has 0 saturated carbocycles. The number of nitrogens with zero attached hydrogens (tertiary/aromatic N) is 3. The lowest BCUT2D eigenvalue weighted by molar-refractivity contribution is -0.113. The molecule has 3 aromatic rings. The van der Waals surface area contributed by atoms with Crippen molar-refractivity contribution in [3.63, 3.8) is 0 Å². The smallest absolute Gasteiger partial charge is 0.286 e. The van der Waals surface area contributed by atoms with Gasteiger partial charge in [-0.3, -0.25) is 9.69 Å². The maximum absolute atomic E-state index is 12.7. The van der Waals surface area contributed by atoms with E-state index in [4.69, 9.17) is 0 Å². The summed E-state index contributed by atoms with van der Waals surface area (Å²) in [5.41, 5.74) is 4.12. The molecule has 5 heteroatoms. The van der Waals surface area contributed by atoms with E-state index in [0.29, 0.717) is 10.1 Å². The summed E-state index contributed by atoms with van der Waals surface area (Å²) in [4.78, 5) is 22.0. The molecule has 31 heavy (non-hydrogen) atoms. The van der Waals surface area contributed by atoms with Gasteiger partial charge in [-0.2, -0.15) is 4.99 Å². The van der Waals surface area contributed by atoms with E-state index >= 15 is 0 Å². The minimum Gasteiger partial charge on any atom is -0.372 e. The van der Waals surface area contributed by atoms with Crippen molar-refractivity contribution in [2.75, 3.05) is 22.9 Å². The molecule has 0 spiro atoms. The summed E-state index contributed by atoms with van der Waals surface area (Å²) in [7, 11) is 0. The standard InChI is InChI=1S/C26H25N3OS/c1-3-28(4-2)21-17-15-20(16-18-21)19-24-25(30)27-26(31-24)29(22-11-7-5-8-12-22)23-13-9-6-10-14-23/h5-19H,3-4H2,1-2H3/b24-19+. The molecule has 1 amide bonds. The van der Waals surface area contributed by atoms with Gasteiger partial charge < -0.3 is 4.90 Å². The number of carbonyl (C=O) groups is 1. The molecule has 3 aromatic carbocycles. The van der Waals surface area contributed by atoms with Gasteiger partial charge in [0, 0.05) is 30.2 Å². The Morgan fingerprint density at radius 2 is 1.32 bits per heavy atom. The van der Waals surface area contributed by atoms with E-state index in [1.165, 1.54) is 17.4 Å². The summed E-state index contributed by atoms with van der Waals surface area (Å²) in [6, 6.07) is 28.3. The van der Waals surface area contributed by atoms with Gasteiger partial charge in [0.15, 0.2) is 5.17 Å². The number of aliphatic imine (C=N–C) groups is 1. The average Bonchev–Trinajstić information content (AvgIpc) is 3.17. The van der Waals surface area contributed by atoms with Crippen molar-refractivity contribution in [1.29, 1.82) is 0 Å². The zero-order valence-corrected chi connectivity index (χ0v) is 18.5. The quantitative estimate of drug-likeness (QED) is 0.430. The van der Waals surface area contributed by atoms with Gasteiger partial charge in [-0.1, -0.05) is 48.5 Å². The summed E-state index contributed by atoms with van der Waals surface area (Å²) in [6.07, 6.45) is 1.92. The Kier molecular flexibility index (Phi) is 6.53. The Bertz CT molecular complexity index is 1050. The third-order valence-corrected chi connectivity index (χ3v) is 6.12. The molecule has 0 aliphatic carbocycles. The Balaban J connectivity index is 1.60. The van der Waals surface area contributed by atoms with Crippen LogP contribution in [0.25, 0.3) is 6.08 Å². The Labute approximate surface area is 187 Å². The van der Waals surface area contributed by atoms with Crippen molar-refractivity contribution >= 4 is 46.0 Å². The van der Waals surface area contributed by atoms with E-state index in [2.05, 4.69) is 48.0 Å². The number of anilines is 3. The van der Waals surface area contributed by atoms with Crippen LogP contribution in [0.4, 0.5) is 17.1 Å². The summed E-state index contributed by atoms with van der Waals surface area (Å²) < 4.78 is 0. The molecule has 0 radical (unpaired) electrons. The zero-order chi connectivity index (χ0) is 21.6. The molecule has 0 bridgehead atoms. The summed E-state index contributed by atoms with van der Waals surface area (Å²) >= 11 is 1.41. The number of hydrogen-bond donors (Lipinski definition) is 0. The lowest BCUT2D eigenvalue weighted by Gasteiger charge is -2.23. The largest absolute Gasteiger partial charge is 0.372 e. The van der Waals surface area contributed by atoms with Crippen molar-refractivity contribution in [3.05, 3.63) is 95.4 Å². The number of benzene rings is 3. The maximum atomic E-state index is 12.7. The van der Waals surface area contributed by atoms with Gasteiger partial charge >= 0.3 is 0 Å².